The monoisotopic (exact) mass is 263 g/mol. The van der Waals surface area contributed by atoms with E-state index in [4.69, 9.17) is 5.11 Å². The fourth-order valence-electron chi connectivity index (χ4n) is 2.76. The van der Waals surface area contributed by atoms with Crippen LogP contribution in [0.2, 0.25) is 0 Å². The number of phenols is 1. The van der Waals surface area contributed by atoms with E-state index in [0.29, 0.717) is 18.1 Å². The molecule has 1 aliphatic heterocycles. The zero-order valence-corrected chi connectivity index (χ0v) is 11.1. The zero-order valence-electron chi connectivity index (χ0n) is 11.1. The highest BCUT2D eigenvalue weighted by Gasteiger charge is 2.21. The van der Waals surface area contributed by atoms with Crippen molar-refractivity contribution < 1.29 is 15.0 Å². The highest BCUT2D eigenvalue weighted by atomic mass is 16.4. The second-order valence-electron chi connectivity index (χ2n) is 5.23. The Bertz CT molecular complexity index is 433. The summed E-state index contributed by atoms with van der Waals surface area (Å²) in [7, 11) is 0. The van der Waals surface area contributed by atoms with Crippen LogP contribution >= 0.6 is 0 Å². The number of aromatic hydroxyl groups is 1. The molecule has 0 aromatic heterocycles. The molecule has 0 saturated carbocycles. The van der Waals surface area contributed by atoms with Crippen molar-refractivity contribution in [3.8, 4) is 5.75 Å². The molecule has 1 aromatic rings. The number of aliphatic carboxylic acids is 1. The van der Waals surface area contributed by atoms with Crippen molar-refractivity contribution >= 4 is 5.97 Å². The van der Waals surface area contributed by atoms with E-state index in [9.17, 15) is 9.90 Å². The van der Waals surface area contributed by atoms with Crippen molar-refractivity contribution in [3.63, 3.8) is 0 Å². The van der Waals surface area contributed by atoms with Crippen LogP contribution < -0.4 is 0 Å². The van der Waals surface area contributed by atoms with Crippen LogP contribution in [-0.4, -0.2) is 40.7 Å². The molecule has 1 fully saturated rings. The lowest BCUT2D eigenvalue weighted by molar-refractivity contribution is -0.137. The first kappa shape index (κ1) is 13.9. The first-order chi connectivity index (χ1) is 9.15. The molecule has 1 aromatic carbocycles. The lowest BCUT2D eigenvalue weighted by atomic mass is 9.90. The smallest absolute Gasteiger partial charge is 0.303 e. The number of rotatable bonds is 5. The average Bonchev–Trinajstić information content (AvgIpc) is 2.39. The van der Waals surface area contributed by atoms with Crippen molar-refractivity contribution in [2.24, 2.45) is 0 Å². The van der Waals surface area contributed by atoms with Gasteiger partial charge in [0.1, 0.15) is 5.75 Å². The van der Waals surface area contributed by atoms with Gasteiger partial charge in [-0.1, -0.05) is 12.1 Å². The molecule has 19 heavy (non-hydrogen) atoms. The maximum atomic E-state index is 10.5. The van der Waals surface area contributed by atoms with Gasteiger partial charge in [-0.3, -0.25) is 4.79 Å². The Morgan fingerprint density at radius 3 is 3.00 bits per heavy atom. The molecule has 4 heteroatoms. The summed E-state index contributed by atoms with van der Waals surface area (Å²) in [6, 6.07) is 7.47. The lowest BCUT2D eigenvalue weighted by Gasteiger charge is -2.33. The van der Waals surface area contributed by atoms with Gasteiger partial charge in [-0.05, 0) is 56.0 Å². The normalized spacial score (nSPS) is 20.3. The Kier molecular flexibility index (Phi) is 4.80. The van der Waals surface area contributed by atoms with Crippen LogP contribution in [0.3, 0.4) is 0 Å². The fraction of sp³-hybridized carbons (Fsp3) is 0.533. The van der Waals surface area contributed by atoms with Crippen LogP contribution in [0.1, 0.15) is 37.2 Å². The molecule has 4 nitrogen and oxygen atoms in total. The van der Waals surface area contributed by atoms with Gasteiger partial charge in [0.05, 0.1) is 0 Å². The molecule has 1 aliphatic rings. The molecule has 1 atom stereocenters. The largest absolute Gasteiger partial charge is 0.508 e. The SMILES string of the molecule is O=C(O)CCCN1CCCC(c2cccc(O)c2)C1. The van der Waals surface area contributed by atoms with Crippen molar-refractivity contribution in [1.29, 1.82) is 0 Å². The fourth-order valence-corrected chi connectivity index (χ4v) is 2.76. The van der Waals surface area contributed by atoms with Gasteiger partial charge >= 0.3 is 5.97 Å². The molecule has 2 rings (SSSR count). The van der Waals surface area contributed by atoms with Crippen molar-refractivity contribution in [2.75, 3.05) is 19.6 Å². The predicted molar refractivity (Wildman–Crippen MR) is 73.4 cm³/mol. The standard InChI is InChI=1S/C15H21NO3/c17-14-6-1-4-12(10-14)13-5-2-8-16(11-13)9-3-7-15(18)19/h1,4,6,10,13,17H,2-3,5,7-9,11H2,(H,18,19). The Labute approximate surface area is 113 Å². The van der Waals surface area contributed by atoms with Crippen LogP contribution in [0.4, 0.5) is 0 Å². The molecule has 0 radical (unpaired) electrons. The molecule has 2 N–H and O–H groups in total. The number of carboxylic acids is 1. The van der Waals surface area contributed by atoms with Gasteiger partial charge in [0.15, 0.2) is 0 Å². The van der Waals surface area contributed by atoms with Crippen LogP contribution in [-0.2, 0) is 4.79 Å². The molecule has 1 unspecified atom stereocenters. The van der Waals surface area contributed by atoms with Gasteiger partial charge in [0.25, 0.3) is 0 Å². The Hall–Kier alpha value is -1.55. The zero-order chi connectivity index (χ0) is 13.7. The summed E-state index contributed by atoms with van der Waals surface area (Å²) in [5, 5.41) is 18.2. The van der Waals surface area contributed by atoms with E-state index in [1.807, 2.05) is 12.1 Å². The van der Waals surface area contributed by atoms with Crippen molar-refractivity contribution in [2.45, 2.75) is 31.6 Å². The first-order valence-electron chi connectivity index (χ1n) is 6.88. The highest BCUT2D eigenvalue weighted by molar-refractivity contribution is 5.66. The molecule has 0 spiro atoms. The third-order valence-electron chi connectivity index (χ3n) is 3.71. The molecule has 1 heterocycles. The third-order valence-corrected chi connectivity index (χ3v) is 3.71. The number of nitrogens with zero attached hydrogens (tertiary/aromatic N) is 1. The molecular formula is C15H21NO3. The van der Waals surface area contributed by atoms with Gasteiger partial charge in [0, 0.05) is 13.0 Å². The number of likely N-dealkylation sites (tertiary alicyclic amines) is 1. The minimum atomic E-state index is -0.721. The minimum absolute atomic E-state index is 0.243. The van der Waals surface area contributed by atoms with Gasteiger partial charge in [-0.2, -0.15) is 0 Å². The summed E-state index contributed by atoms with van der Waals surface area (Å²) in [6.07, 6.45) is 3.22. The van der Waals surface area contributed by atoms with E-state index < -0.39 is 5.97 Å². The summed E-state index contributed by atoms with van der Waals surface area (Å²) in [6.45, 7) is 2.86. The van der Waals surface area contributed by atoms with E-state index in [2.05, 4.69) is 11.0 Å². The Balaban J connectivity index is 1.88. The number of carbonyl (C=O) groups is 1. The van der Waals surface area contributed by atoms with Crippen LogP contribution in [0.15, 0.2) is 24.3 Å². The number of carboxylic acid groups (broad SMARTS) is 1. The molecular weight excluding hydrogens is 242 g/mol. The maximum Gasteiger partial charge on any atom is 0.303 e. The minimum Gasteiger partial charge on any atom is -0.508 e. The summed E-state index contributed by atoms with van der Waals surface area (Å²) in [5.74, 6) is 0.0488. The van der Waals surface area contributed by atoms with Gasteiger partial charge in [0.2, 0.25) is 0 Å². The van der Waals surface area contributed by atoms with Gasteiger partial charge < -0.3 is 15.1 Å². The number of hydrogen-bond acceptors (Lipinski definition) is 3. The summed E-state index contributed by atoms with van der Waals surface area (Å²) < 4.78 is 0. The number of piperidine rings is 1. The van der Waals surface area contributed by atoms with E-state index in [0.717, 1.165) is 32.5 Å². The molecule has 0 aliphatic carbocycles. The van der Waals surface area contributed by atoms with E-state index in [1.54, 1.807) is 6.07 Å². The van der Waals surface area contributed by atoms with Crippen molar-refractivity contribution in [3.05, 3.63) is 29.8 Å². The number of benzene rings is 1. The van der Waals surface area contributed by atoms with Crippen LogP contribution in [0.5, 0.6) is 5.75 Å². The topological polar surface area (TPSA) is 60.8 Å². The summed E-state index contributed by atoms with van der Waals surface area (Å²) >= 11 is 0. The third kappa shape index (κ3) is 4.24. The molecule has 104 valence electrons. The lowest BCUT2D eigenvalue weighted by Crippen LogP contribution is -2.35. The Morgan fingerprint density at radius 1 is 1.42 bits per heavy atom. The molecule has 0 bridgehead atoms. The van der Waals surface area contributed by atoms with E-state index in [-0.39, 0.29) is 6.42 Å². The van der Waals surface area contributed by atoms with Crippen molar-refractivity contribution in [1.82, 2.24) is 4.90 Å². The van der Waals surface area contributed by atoms with E-state index >= 15 is 0 Å². The summed E-state index contributed by atoms with van der Waals surface area (Å²) in [5.41, 5.74) is 1.18. The van der Waals surface area contributed by atoms with E-state index in [1.165, 1.54) is 5.56 Å². The quantitative estimate of drug-likeness (QED) is 0.856. The Morgan fingerprint density at radius 2 is 2.26 bits per heavy atom. The molecule has 0 amide bonds. The van der Waals surface area contributed by atoms with Crippen LogP contribution in [0, 0.1) is 0 Å². The van der Waals surface area contributed by atoms with Gasteiger partial charge in [-0.25, -0.2) is 0 Å². The van der Waals surface area contributed by atoms with Crippen LogP contribution in [0.25, 0.3) is 0 Å². The second kappa shape index (κ2) is 6.57. The summed E-state index contributed by atoms with van der Waals surface area (Å²) in [4.78, 5) is 12.9. The maximum absolute atomic E-state index is 10.5. The average molecular weight is 263 g/mol. The number of hydrogen-bond donors (Lipinski definition) is 2. The number of phenolic OH excluding ortho intramolecular Hbond substituents is 1. The second-order valence-corrected chi connectivity index (χ2v) is 5.23. The highest BCUT2D eigenvalue weighted by Crippen LogP contribution is 2.28. The van der Waals surface area contributed by atoms with Gasteiger partial charge in [-0.15, -0.1) is 0 Å². The predicted octanol–water partition coefficient (Wildman–Crippen LogP) is 2.44. The first-order valence-corrected chi connectivity index (χ1v) is 6.88. The molecule has 1 saturated heterocycles.